The number of nitrogens with zero attached hydrogens (tertiary/aromatic N) is 5. The zero-order valence-corrected chi connectivity index (χ0v) is 15.7. The lowest BCUT2D eigenvalue weighted by Crippen LogP contribution is -2.45. The molecule has 3 heterocycles. The molecule has 1 aromatic carbocycles. The summed E-state index contributed by atoms with van der Waals surface area (Å²) in [6.45, 7) is 3.69. The van der Waals surface area contributed by atoms with Crippen LogP contribution in [0.5, 0.6) is 0 Å². The summed E-state index contributed by atoms with van der Waals surface area (Å²) in [5, 5.41) is 7.92. The SMILES string of the molecule is Cc1nc2ccccc2nc1NCC1CCCCN1c1ccc(=O)n(C)n1. The fraction of sp³-hybridized carbons (Fsp3) is 0.400. The summed E-state index contributed by atoms with van der Waals surface area (Å²) in [6.07, 6.45) is 3.41. The lowest BCUT2D eigenvalue weighted by atomic mass is 10.0. The van der Waals surface area contributed by atoms with E-state index in [9.17, 15) is 4.79 Å². The highest BCUT2D eigenvalue weighted by molar-refractivity contribution is 5.76. The Morgan fingerprint density at radius 3 is 2.67 bits per heavy atom. The maximum absolute atomic E-state index is 11.6. The van der Waals surface area contributed by atoms with E-state index in [4.69, 9.17) is 4.98 Å². The Kier molecular flexibility index (Phi) is 4.75. The third-order valence-corrected chi connectivity index (χ3v) is 5.12. The molecule has 7 heteroatoms. The highest BCUT2D eigenvalue weighted by Gasteiger charge is 2.24. The van der Waals surface area contributed by atoms with Crippen LogP contribution in [0, 0.1) is 6.92 Å². The van der Waals surface area contributed by atoms with E-state index in [0.29, 0.717) is 6.04 Å². The van der Waals surface area contributed by atoms with Gasteiger partial charge in [-0.25, -0.2) is 14.6 Å². The summed E-state index contributed by atoms with van der Waals surface area (Å²) in [7, 11) is 1.69. The number of aryl methyl sites for hydroxylation is 2. The number of anilines is 2. The second-order valence-corrected chi connectivity index (χ2v) is 7.02. The highest BCUT2D eigenvalue weighted by Crippen LogP contribution is 2.23. The molecule has 0 spiro atoms. The van der Waals surface area contributed by atoms with Crippen molar-refractivity contribution in [2.45, 2.75) is 32.2 Å². The fourth-order valence-corrected chi connectivity index (χ4v) is 3.63. The minimum atomic E-state index is -0.0903. The van der Waals surface area contributed by atoms with Crippen LogP contribution in [0.15, 0.2) is 41.2 Å². The minimum Gasteiger partial charge on any atom is -0.366 e. The Balaban J connectivity index is 1.54. The van der Waals surface area contributed by atoms with E-state index in [0.717, 1.165) is 54.3 Å². The second kappa shape index (κ2) is 7.34. The molecule has 0 amide bonds. The summed E-state index contributed by atoms with van der Waals surface area (Å²) in [5.74, 6) is 1.68. The van der Waals surface area contributed by atoms with Crippen LogP contribution < -0.4 is 15.8 Å². The molecule has 4 rings (SSSR count). The molecule has 1 N–H and O–H groups in total. The van der Waals surface area contributed by atoms with Gasteiger partial charge in [0.2, 0.25) is 0 Å². The molecule has 1 unspecified atom stereocenters. The number of piperidine rings is 1. The molecular weight excluding hydrogens is 340 g/mol. The Morgan fingerprint density at radius 2 is 1.89 bits per heavy atom. The van der Waals surface area contributed by atoms with Crippen molar-refractivity contribution in [3.05, 3.63) is 52.4 Å². The summed E-state index contributed by atoms with van der Waals surface area (Å²) in [6, 6.07) is 11.6. The third kappa shape index (κ3) is 3.63. The molecule has 1 atom stereocenters. The van der Waals surface area contributed by atoms with Gasteiger partial charge < -0.3 is 10.2 Å². The maximum Gasteiger partial charge on any atom is 0.266 e. The summed E-state index contributed by atoms with van der Waals surface area (Å²) in [5.41, 5.74) is 2.61. The van der Waals surface area contributed by atoms with E-state index in [1.165, 1.54) is 11.1 Å². The first-order valence-electron chi connectivity index (χ1n) is 9.40. The Bertz CT molecular complexity index is 1010. The molecule has 1 aliphatic heterocycles. The summed E-state index contributed by atoms with van der Waals surface area (Å²) < 4.78 is 1.40. The summed E-state index contributed by atoms with van der Waals surface area (Å²) in [4.78, 5) is 23.3. The quantitative estimate of drug-likeness (QED) is 0.767. The van der Waals surface area contributed by atoms with Crippen molar-refractivity contribution in [2.24, 2.45) is 7.05 Å². The van der Waals surface area contributed by atoms with Crippen LogP contribution in [0.2, 0.25) is 0 Å². The Morgan fingerprint density at radius 1 is 1.11 bits per heavy atom. The predicted molar refractivity (Wildman–Crippen MR) is 107 cm³/mol. The molecule has 0 radical (unpaired) electrons. The van der Waals surface area contributed by atoms with Gasteiger partial charge in [0.15, 0.2) is 0 Å². The largest absolute Gasteiger partial charge is 0.366 e. The van der Waals surface area contributed by atoms with Gasteiger partial charge in [-0.1, -0.05) is 12.1 Å². The van der Waals surface area contributed by atoms with E-state index in [2.05, 4.69) is 20.3 Å². The topological polar surface area (TPSA) is 75.9 Å². The monoisotopic (exact) mass is 364 g/mol. The first kappa shape index (κ1) is 17.5. The standard InChI is InChI=1S/C20H24N6O/c1-14-20(23-17-9-4-3-8-16(17)22-14)21-13-15-7-5-6-12-26(15)18-10-11-19(27)25(2)24-18/h3-4,8-11,15H,5-7,12-13H2,1-2H3,(H,21,23). The van der Waals surface area contributed by atoms with Crippen LogP contribution in [-0.4, -0.2) is 38.9 Å². The third-order valence-electron chi connectivity index (χ3n) is 5.12. The van der Waals surface area contributed by atoms with Crippen molar-refractivity contribution in [3.63, 3.8) is 0 Å². The first-order valence-corrected chi connectivity index (χ1v) is 9.40. The molecule has 1 fully saturated rings. The normalized spacial score (nSPS) is 17.3. The van der Waals surface area contributed by atoms with Gasteiger partial charge in [0.1, 0.15) is 11.6 Å². The number of nitrogens with one attached hydrogen (secondary N) is 1. The Labute approximate surface area is 158 Å². The predicted octanol–water partition coefficient (Wildman–Crippen LogP) is 2.50. The molecule has 1 saturated heterocycles. The number of rotatable bonds is 4. The van der Waals surface area contributed by atoms with Gasteiger partial charge >= 0.3 is 0 Å². The number of fused-ring (bicyclic) bond motifs is 1. The van der Waals surface area contributed by atoms with Gasteiger partial charge in [-0.15, -0.1) is 0 Å². The molecule has 3 aromatic rings. The lowest BCUT2D eigenvalue weighted by molar-refractivity contribution is 0.464. The van der Waals surface area contributed by atoms with Crippen molar-refractivity contribution in [1.29, 1.82) is 0 Å². The average molecular weight is 364 g/mol. The molecule has 0 bridgehead atoms. The molecule has 140 valence electrons. The number of hydrogen-bond acceptors (Lipinski definition) is 6. The van der Waals surface area contributed by atoms with Crippen LogP contribution in [0.4, 0.5) is 11.6 Å². The molecular formula is C20H24N6O. The minimum absolute atomic E-state index is 0.0903. The maximum atomic E-state index is 11.6. The number of aromatic nitrogens is 4. The van der Waals surface area contributed by atoms with Crippen molar-refractivity contribution in [1.82, 2.24) is 19.7 Å². The van der Waals surface area contributed by atoms with E-state index >= 15 is 0 Å². The van der Waals surface area contributed by atoms with Crippen molar-refractivity contribution < 1.29 is 0 Å². The number of hydrogen-bond donors (Lipinski definition) is 1. The van der Waals surface area contributed by atoms with Crippen LogP contribution in [-0.2, 0) is 7.05 Å². The molecule has 7 nitrogen and oxygen atoms in total. The molecule has 27 heavy (non-hydrogen) atoms. The van der Waals surface area contributed by atoms with Crippen molar-refractivity contribution in [2.75, 3.05) is 23.3 Å². The van der Waals surface area contributed by atoms with Crippen LogP contribution in [0.3, 0.4) is 0 Å². The van der Waals surface area contributed by atoms with E-state index < -0.39 is 0 Å². The van der Waals surface area contributed by atoms with E-state index in [-0.39, 0.29) is 5.56 Å². The zero-order chi connectivity index (χ0) is 18.8. The van der Waals surface area contributed by atoms with Gasteiger partial charge in [-0.05, 0) is 44.4 Å². The van der Waals surface area contributed by atoms with Gasteiger partial charge in [-0.2, -0.15) is 5.10 Å². The number of para-hydroxylation sites is 2. The van der Waals surface area contributed by atoms with Crippen LogP contribution in [0.1, 0.15) is 25.0 Å². The highest BCUT2D eigenvalue weighted by atomic mass is 16.1. The average Bonchev–Trinajstić information content (AvgIpc) is 2.69. The first-order chi connectivity index (χ1) is 13.1. The molecule has 1 aliphatic rings. The van der Waals surface area contributed by atoms with Gasteiger partial charge in [0, 0.05) is 32.2 Å². The molecule has 0 saturated carbocycles. The van der Waals surface area contributed by atoms with Crippen molar-refractivity contribution in [3.8, 4) is 0 Å². The van der Waals surface area contributed by atoms with E-state index in [1.807, 2.05) is 37.3 Å². The van der Waals surface area contributed by atoms with E-state index in [1.54, 1.807) is 13.1 Å². The number of benzene rings is 1. The van der Waals surface area contributed by atoms with Gasteiger partial charge in [-0.3, -0.25) is 4.79 Å². The van der Waals surface area contributed by atoms with Crippen LogP contribution in [0.25, 0.3) is 11.0 Å². The fourth-order valence-electron chi connectivity index (χ4n) is 3.63. The molecule has 0 aliphatic carbocycles. The van der Waals surface area contributed by atoms with Gasteiger partial charge in [0.25, 0.3) is 5.56 Å². The lowest BCUT2D eigenvalue weighted by Gasteiger charge is -2.36. The Hall–Kier alpha value is -2.96. The second-order valence-electron chi connectivity index (χ2n) is 7.02. The molecule has 2 aromatic heterocycles. The zero-order valence-electron chi connectivity index (χ0n) is 15.7. The van der Waals surface area contributed by atoms with Gasteiger partial charge in [0.05, 0.1) is 16.7 Å². The smallest absolute Gasteiger partial charge is 0.266 e. The van der Waals surface area contributed by atoms with Crippen molar-refractivity contribution >= 4 is 22.7 Å². The van der Waals surface area contributed by atoms with Crippen LogP contribution >= 0.6 is 0 Å². The summed E-state index contributed by atoms with van der Waals surface area (Å²) >= 11 is 0.